The van der Waals surface area contributed by atoms with Crippen LogP contribution >= 0.6 is 27.5 Å². The molecule has 0 radical (unpaired) electrons. The molecule has 4 heteroatoms. The first-order valence-electron chi connectivity index (χ1n) is 6.06. The molecule has 0 aliphatic heterocycles. The average Bonchev–Trinajstić information content (AvgIpc) is 2.44. The van der Waals surface area contributed by atoms with E-state index in [1.807, 2.05) is 37.3 Å². The molecule has 0 atom stereocenters. The fourth-order valence-corrected chi connectivity index (χ4v) is 2.22. The van der Waals surface area contributed by atoms with Crippen molar-refractivity contribution in [3.05, 3.63) is 75.4 Å². The normalized spacial score (nSPS) is 11.2. The lowest BCUT2D eigenvalue weighted by atomic mass is 10.1. The van der Waals surface area contributed by atoms with Crippen LogP contribution in [-0.4, -0.2) is 5.78 Å². The van der Waals surface area contributed by atoms with Gasteiger partial charge in [0.2, 0.25) is 0 Å². The summed E-state index contributed by atoms with van der Waals surface area (Å²) in [5, 5.41) is 3.81. The number of carbonyl (C=O) groups is 1. The van der Waals surface area contributed by atoms with Crippen molar-refractivity contribution in [1.29, 1.82) is 0 Å². The van der Waals surface area contributed by atoms with Gasteiger partial charge in [-0.3, -0.25) is 4.79 Å². The average molecular weight is 351 g/mol. The highest BCUT2D eigenvalue weighted by molar-refractivity contribution is 9.10. The predicted molar refractivity (Wildman–Crippen MR) is 87.3 cm³/mol. The monoisotopic (exact) mass is 349 g/mol. The number of allylic oxidation sites excluding steroid dienone is 2. The van der Waals surface area contributed by atoms with E-state index >= 15 is 0 Å². The third kappa shape index (κ3) is 3.95. The van der Waals surface area contributed by atoms with Crippen molar-refractivity contribution < 1.29 is 4.79 Å². The molecule has 0 unspecified atom stereocenters. The molecule has 2 rings (SSSR count). The quantitative estimate of drug-likeness (QED) is 0.599. The van der Waals surface area contributed by atoms with E-state index in [1.54, 1.807) is 24.3 Å². The number of benzene rings is 2. The topological polar surface area (TPSA) is 29.1 Å². The van der Waals surface area contributed by atoms with Gasteiger partial charge in [0.25, 0.3) is 0 Å². The Morgan fingerprint density at radius 1 is 1.20 bits per heavy atom. The fourth-order valence-electron chi connectivity index (χ4n) is 1.72. The van der Waals surface area contributed by atoms with Gasteiger partial charge in [-0.1, -0.05) is 41.9 Å². The standard InChI is InChI=1S/C16H13BrClNO/c1-11(9-16(20)12-5-3-2-4-6-12)19-13-7-8-15(18)14(17)10-13/h2-10,19H,1H3/b11-9-. The summed E-state index contributed by atoms with van der Waals surface area (Å²) in [6.45, 7) is 1.85. The lowest BCUT2D eigenvalue weighted by Crippen LogP contribution is -2.01. The summed E-state index contributed by atoms with van der Waals surface area (Å²) < 4.78 is 0.811. The maximum Gasteiger partial charge on any atom is 0.187 e. The molecule has 0 fully saturated rings. The van der Waals surface area contributed by atoms with Crippen LogP contribution < -0.4 is 5.32 Å². The Bertz CT molecular complexity index is 653. The summed E-state index contributed by atoms with van der Waals surface area (Å²) in [4.78, 5) is 12.0. The second kappa shape index (κ2) is 6.73. The van der Waals surface area contributed by atoms with Gasteiger partial charge in [0.15, 0.2) is 5.78 Å². The van der Waals surface area contributed by atoms with Crippen LogP contribution in [0.5, 0.6) is 0 Å². The SMILES string of the molecule is C/C(=C/C(=O)c1ccccc1)Nc1ccc(Cl)c(Br)c1. The summed E-state index contributed by atoms with van der Waals surface area (Å²) in [6, 6.07) is 14.7. The Kier molecular flexibility index (Phi) is 4.99. The minimum atomic E-state index is -0.0244. The molecule has 0 aliphatic carbocycles. The molecule has 2 nitrogen and oxygen atoms in total. The van der Waals surface area contributed by atoms with Crippen LogP contribution in [0.25, 0.3) is 0 Å². The summed E-state index contributed by atoms with van der Waals surface area (Å²) in [6.07, 6.45) is 1.58. The van der Waals surface area contributed by atoms with Crippen molar-refractivity contribution >= 4 is 39.0 Å². The Labute approximate surface area is 131 Å². The zero-order chi connectivity index (χ0) is 14.5. The van der Waals surface area contributed by atoms with Gasteiger partial charge in [0.1, 0.15) is 0 Å². The van der Waals surface area contributed by atoms with E-state index in [4.69, 9.17) is 11.6 Å². The largest absolute Gasteiger partial charge is 0.359 e. The Hall–Kier alpha value is -1.58. The molecule has 0 aromatic heterocycles. The van der Waals surface area contributed by atoms with Crippen molar-refractivity contribution in [2.24, 2.45) is 0 Å². The molecule has 0 amide bonds. The minimum Gasteiger partial charge on any atom is -0.359 e. The number of hydrogen-bond donors (Lipinski definition) is 1. The van der Waals surface area contributed by atoms with E-state index in [9.17, 15) is 4.79 Å². The summed E-state index contributed by atoms with van der Waals surface area (Å²) in [5.74, 6) is -0.0244. The summed E-state index contributed by atoms with van der Waals surface area (Å²) in [5.41, 5.74) is 2.31. The van der Waals surface area contributed by atoms with Crippen molar-refractivity contribution in [1.82, 2.24) is 0 Å². The van der Waals surface area contributed by atoms with Crippen molar-refractivity contribution in [2.75, 3.05) is 5.32 Å². The van der Waals surface area contributed by atoms with Gasteiger partial charge < -0.3 is 5.32 Å². The van der Waals surface area contributed by atoms with E-state index < -0.39 is 0 Å². The first-order chi connectivity index (χ1) is 9.56. The van der Waals surface area contributed by atoms with Crippen molar-refractivity contribution in [3.63, 3.8) is 0 Å². The molecule has 2 aromatic rings. The second-order valence-corrected chi connectivity index (χ2v) is 5.57. The minimum absolute atomic E-state index is 0.0244. The maximum atomic E-state index is 12.0. The zero-order valence-corrected chi connectivity index (χ0v) is 13.2. The van der Waals surface area contributed by atoms with Crippen LogP contribution in [0, 0.1) is 0 Å². The Morgan fingerprint density at radius 3 is 2.55 bits per heavy atom. The lowest BCUT2D eigenvalue weighted by molar-refractivity contribution is 0.104. The molecule has 1 N–H and O–H groups in total. The Balaban J connectivity index is 2.11. The summed E-state index contributed by atoms with van der Waals surface area (Å²) in [7, 11) is 0. The molecule has 102 valence electrons. The lowest BCUT2D eigenvalue weighted by Gasteiger charge is -2.07. The zero-order valence-electron chi connectivity index (χ0n) is 10.9. The fraction of sp³-hybridized carbons (Fsp3) is 0.0625. The van der Waals surface area contributed by atoms with E-state index in [0.29, 0.717) is 10.6 Å². The van der Waals surface area contributed by atoms with Crippen LogP contribution in [0.15, 0.2) is 64.8 Å². The Morgan fingerprint density at radius 2 is 1.90 bits per heavy atom. The molecule has 0 saturated carbocycles. The number of halogens is 2. The smallest absolute Gasteiger partial charge is 0.187 e. The molecule has 0 bridgehead atoms. The number of ketones is 1. The molecule has 20 heavy (non-hydrogen) atoms. The number of rotatable bonds is 4. The van der Waals surface area contributed by atoms with E-state index in [-0.39, 0.29) is 5.78 Å². The van der Waals surface area contributed by atoms with Gasteiger partial charge in [-0.15, -0.1) is 0 Å². The molecular formula is C16H13BrClNO. The third-order valence-corrected chi connectivity index (χ3v) is 3.88. The second-order valence-electron chi connectivity index (χ2n) is 4.31. The highest BCUT2D eigenvalue weighted by atomic mass is 79.9. The highest BCUT2D eigenvalue weighted by Gasteiger charge is 2.03. The van der Waals surface area contributed by atoms with Crippen LogP contribution in [0.3, 0.4) is 0 Å². The molecule has 0 aliphatic rings. The van der Waals surface area contributed by atoms with Crippen LogP contribution in [0.2, 0.25) is 5.02 Å². The van der Waals surface area contributed by atoms with Gasteiger partial charge in [-0.05, 0) is 41.1 Å². The van der Waals surface area contributed by atoms with Crippen molar-refractivity contribution in [3.8, 4) is 0 Å². The van der Waals surface area contributed by atoms with Gasteiger partial charge in [-0.25, -0.2) is 0 Å². The summed E-state index contributed by atoms with van der Waals surface area (Å²) >= 11 is 9.30. The van der Waals surface area contributed by atoms with Crippen LogP contribution in [0.1, 0.15) is 17.3 Å². The van der Waals surface area contributed by atoms with Gasteiger partial charge >= 0.3 is 0 Å². The van der Waals surface area contributed by atoms with E-state index in [1.165, 1.54) is 0 Å². The molecule has 2 aromatic carbocycles. The van der Waals surface area contributed by atoms with Crippen LogP contribution in [-0.2, 0) is 0 Å². The first kappa shape index (κ1) is 14.8. The first-order valence-corrected chi connectivity index (χ1v) is 7.23. The molecule has 0 heterocycles. The molecular weight excluding hydrogens is 338 g/mol. The molecule has 0 saturated heterocycles. The van der Waals surface area contributed by atoms with Crippen molar-refractivity contribution in [2.45, 2.75) is 6.92 Å². The van der Waals surface area contributed by atoms with Gasteiger partial charge in [-0.2, -0.15) is 0 Å². The maximum absolute atomic E-state index is 12.0. The highest BCUT2D eigenvalue weighted by Crippen LogP contribution is 2.26. The van der Waals surface area contributed by atoms with Gasteiger partial charge in [0, 0.05) is 27.5 Å². The van der Waals surface area contributed by atoms with E-state index in [2.05, 4.69) is 21.2 Å². The van der Waals surface area contributed by atoms with Crippen LogP contribution in [0.4, 0.5) is 5.69 Å². The number of nitrogens with one attached hydrogen (secondary N) is 1. The van der Waals surface area contributed by atoms with E-state index in [0.717, 1.165) is 15.9 Å². The molecule has 0 spiro atoms. The van der Waals surface area contributed by atoms with Gasteiger partial charge in [0.05, 0.1) is 5.02 Å². The number of carbonyl (C=O) groups excluding carboxylic acids is 1. The number of anilines is 1. The number of hydrogen-bond acceptors (Lipinski definition) is 2. The third-order valence-electron chi connectivity index (χ3n) is 2.67. The predicted octanol–water partition coefficient (Wildman–Crippen LogP) is 5.30.